The van der Waals surface area contributed by atoms with E-state index in [4.69, 9.17) is 15.5 Å². The molecule has 0 atom stereocenters. The molecular formula is C7H10N2NaO3PS. The number of rotatable bonds is 2. The molecule has 0 saturated carbocycles. The van der Waals surface area contributed by atoms with E-state index in [-0.39, 0.29) is 41.4 Å². The van der Waals surface area contributed by atoms with Gasteiger partial charge in [-0.2, -0.15) is 0 Å². The molecule has 0 spiro atoms. The van der Waals surface area contributed by atoms with Gasteiger partial charge in [-0.25, -0.2) is 0 Å². The van der Waals surface area contributed by atoms with Crippen molar-refractivity contribution in [3.63, 3.8) is 0 Å². The van der Waals surface area contributed by atoms with Gasteiger partial charge in [0.2, 0.25) is 0 Å². The van der Waals surface area contributed by atoms with E-state index in [1.165, 1.54) is 24.3 Å². The maximum Gasteiger partial charge on any atom is 1.00 e. The molecule has 1 rings (SSSR count). The summed E-state index contributed by atoms with van der Waals surface area (Å²) in [7, 11) is -4.16. The predicted molar refractivity (Wildman–Crippen MR) is 59.6 cm³/mol. The smallest absolute Gasteiger partial charge is 1.00 e. The Balaban J connectivity index is 0. The Morgan fingerprint density at radius 3 is 2.20 bits per heavy atom. The largest absolute Gasteiger partial charge is 1.00 e. The van der Waals surface area contributed by atoms with Gasteiger partial charge in [0.1, 0.15) is 0 Å². The molecule has 78 valence electrons. The van der Waals surface area contributed by atoms with E-state index in [9.17, 15) is 4.57 Å². The van der Waals surface area contributed by atoms with E-state index in [1.807, 2.05) is 0 Å². The summed E-state index contributed by atoms with van der Waals surface area (Å²) in [5.41, 5.74) is 5.81. The van der Waals surface area contributed by atoms with Crippen LogP contribution in [0.25, 0.3) is 0 Å². The first-order chi connectivity index (χ1) is 6.39. The Morgan fingerprint density at radius 1 is 1.40 bits per heavy atom. The van der Waals surface area contributed by atoms with Crippen molar-refractivity contribution in [1.29, 1.82) is 0 Å². The van der Waals surface area contributed by atoms with Crippen molar-refractivity contribution in [3.8, 4) is 0 Å². The molecule has 0 saturated heterocycles. The minimum Gasteiger partial charge on any atom is -1.00 e. The van der Waals surface area contributed by atoms with E-state index >= 15 is 0 Å². The van der Waals surface area contributed by atoms with Crippen LogP contribution < -0.4 is 45.9 Å². The number of thiocarbonyl (C=S) groups is 1. The summed E-state index contributed by atoms with van der Waals surface area (Å²) in [6.45, 7) is 0. The molecule has 0 unspecified atom stereocenters. The Labute approximate surface area is 116 Å². The van der Waals surface area contributed by atoms with Crippen LogP contribution in [0.4, 0.5) is 5.69 Å². The quantitative estimate of drug-likeness (QED) is 0.260. The van der Waals surface area contributed by atoms with E-state index in [2.05, 4.69) is 17.5 Å². The molecule has 0 heterocycles. The third-order valence-corrected chi connectivity index (χ3v) is 2.54. The van der Waals surface area contributed by atoms with Crippen molar-refractivity contribution in [2.24, 2.45) is 5.73 Å². The second-order valence-corrected chi connectivity index (χ2v) is 4.62. The van der Waals surface area contributed by atoms with Gasteiger partial charge in [-0.05, 0) is 36.5 Å². The first kappa shape index (κ1) is 15.1. The van der Waals surface area contributed by atoms with Crippen molar-refractivity contribution in [3.05, 3.63) is 24.3 Å². The van der Waals surface area contributed by atoms with Gasteiger partial charge in [-0.3, -0.25) is 4.57 Å². The molecule has 15 heavy (non-hydrogen) atoms. The second-order valence-electron chi connectivity index (χ2n) is 2.58. The molecular weight excluding hydrogens is 246 g/mol. The Bertz CT molecular complexity index is 397. The van der Waals surface area contributed by atoms with Crippen molar-refractivity contribution in [1.82, 2.24) is 0 Å². The van der Waals surface area contributed by atoms with Crippen LogP contribution >= 0.6 is 19.8 Å². The van der Waals surface area contributed by atoms with Gasteiger partial charge in [0, 0.05) is 5.69 Å². The SMILES string of the molecule is NC(=S)Nc1ccc(P(=O)(O)O)cc1.[H-].[Na+]. The topological polar surface area (TPSA) is 95.6 Å². The third-order valence-electron chi connectivity index (χ3n) is 1.47. The number of nitrogens with two attached hydrogens (primary N) is 1. The van der Waals surface area contributed by atoms with Gasteiger partial charge in [0.05, 0.1) is 5.30 Å². The number of nitrogens with one attached hydrogen (secondary N) is 1. The summed E-state index contributed by atoms with van der Waals surface area (Å²) in [6.07, 6.45) is 0. The molecule has 0 aliphatic heterocycles. The summed E-state index contributed by atoms with van der Waals surface area (Å²) in [6, 6.07) is 5.63. The Kier molecular flexibility index (Phi) is 5.98. The maximum absolute atomic E-state index is 10.8. The number of hydrogen-bond acceptors (Lipinski definition) is 2. The molecule has 5 nitrogen and oxygen atoms in total. The average Bonchev–Trinajstić information content (AvgIpc) is 2.02. The zero-order valence-corrected chi connectivity index (χ0v) is 11.8. The molecule has 0 radical (unpaired) electrons. The van der Waals surface area contributed by atoms with Crippen LogP contribution in [0.3, 0.4) is 0 Å². The molecule has 5 N–H and O–H groups in total. The van der Waals surface area contributed by atoms with Gasteiger partial charge < -0.3 is 22.3 Å². The van der Waals surface area contributed by atoms with Gasteiger partial charge in [-0.15, -0.1) is 0 Å². The molecule has 0 bridgehead atoms. The molecule has 0 aromatic heterocycles. The zero-order chi connectivity index (χ0) is 10.8. The normalized spacial score (nSPS) is 10.3. The van der Waals surface area contributed by atoms with Crippen molar-refractivity contribution >= 4 is 35.9 Å². The van der Waals surface area contributed by atoms with Gasteiger partial charge in [0.15, 0.2) is 5.11 Å². The molecule has 0 aliphatic carbocycles. The van der Waals surface area contributed by atoms with Crippen LogP contribution in [0.2, 0.25) is 0 Å². The van der Waals surface area contributed by atoms with Crippen LogP contribution in [0.5, 0.6) is 0 Å². The first-order valence-electron chi connectivity index (χ1n) is 3.62. The van der Waals surface area contributed by atoms with Crippen molar-refractivity contribution in [2.45, 2.75) is 0 Å². The Hall–Kier alpha value is 0.0600. The van der Waals surface area contributed by atoms with Crippen LogP contribution in [-0.4, -0.2) is 14.9 Å². The maximum atomic E-state index is 10.8. The molecule has 0 amide bonds. The summed E-state index contributed by atoms with van der Waals surface area (Å²) in [5, 5.41) is 2.71. The van der Waals surface area contributed by atoms with Crippen LogP contribution in [-0.2, 0) is 4.57 Å². The summed E-state index contributed by atoms with van der Waals surface area (Å²) in [4.78, 5) is 17.6. The predicted octanol–water partition coefficient (Wildman–Crippen LogP) is -2.74. The fourth-order valence-corrected chi connectivity index (χ4v) is 1.54. The van der Waals surface area contributed by atoms with Gasteiger partial charge in [0.25, 0.3) is 0 Å². The summed E-state index contributed by atoms with van der Waals surface area (Å²) >= 11 is 4.60. The van der Waals surface area contributed by atoms with Crippen LogP contribution in [0.15, 0.2) is 24.3 Å². The van der Waals surface area contributed by atoms with E-state index in [0.29, 0.717) is 5.69 Å². The van der Waals surface area contributed by atoms with Crippen LogP contribution in [0, 0.1) is 0 Å². The summed E-state index contributed by atoms with van der Waals surface area (Å²) in [5.74, 6) is 0. The first-order valence-corrected chi connectivity index (χ1v) is 5.64. The summed E-state index contributed by atoms with van der Waals surface area (Å²) < 4.78 is 10.8. The monoisotopic (exact) mass is 256 g/mol. The standard InChI is InChI=1S/C7H9N2O3PS.Na.H/c8-7(14)9-5-1-3-6(4-2-5)13(10,11)12;;/h1-4H,(H3,8,9,14)(H2,10,11,12);;/q;+1;-1. The molecule has 1 aromatic rings. The van der Waals surface area contributed by atoms with Crippen molar-refractivity contribution in [2.75, 3.05) is 5.32 Å². The number of anilines is 1. The molecule has 0 aliphatic rings. The van der Waals surface area contributed by atoms with E-state index in [0.717, 1.165) is 0 Å². The number of hydrogen-bond donors (Lipinski definition) is 4. The fraction of sp³-hybridized carbons (Fsp3) is 0. The minimum atomic E-state index is -4.16. The van der Waals surface area contributed by atoms with Gasteiger partial charge in [-0.1, -0.05) is 0 Å². The van der Waals surface area contributed by atoms with Crippen molar-refractivity contribution < 1.29 is 45.3 Å². The van der Waals surface area contributed by atoms with Gasteiger partial charge >= 0.3 is 37.2 Å². The third kappa shape index (κ3) is 5.08. The average molecular weight is 256 g/mol. The Morgan fingerprint density at radius 2 is 1.87 bits per heavy atom. The number of benzene rings is 1. The molecule has 0 fully saturated rings. The minimum absolute atomic E-state index is 0. The molecule has 1 aromatic carbocycles. The molecule has 8 heteroatoms. The van der Waals surface area contributed by atoms with Crippen LogP contribution in [0.1, 0.15) is 1.43 Å². The zero-order valence-electron chi connectivity index (χ0n) is 9.04. The fourth-order valence-electron chi connectivity index (χ4n) is 0.881. The van der Waals surface area contributed by atoms with E-state index < -0.39 is 7.60 Å². The van der Waals surface area contributed by atoms with E-state index in [1.54, 1.807) is 0 Å². The second kappa shape index (κ2) is 5.96.